The van der Waals surface area contributed by atoms with Gasteiger partial charge in [-0.3, -0.25) is 0 Å². The summed E-state index contributed by atoms with van der Waals surface area (Å²) in [7, 11) is 0. The Morgan fingerprint density at radius 2 is 1.27 bits per heavy atom. The molecule has 0 radical (unpaired) electrons. The van der Waals surface area contributed by atoms with Gasteiger partial charge in [-0.15, -0.1) is 0 Å². The third-order valence-electron chi connectivity index (χ3n) is 6.25. The maximum atomic E-state index is 12.8. The highest BCUT2D eigenvalue weighted by atomic mass is 19.4. The molecule has 3 rings (SSSR count). The molecular weight excluding hydrogens is 351 g/mol. The van der Waals surface area contributed by atoms with Crippen molar-refractivity contribution in [1.29, 1.82) is 0 Å². The Balaban J connectivity index is 1.47. The van der Waals surface area contributed by atoms with Crippen LogP contribution in [0.1, 0.15) is 62.8 Å². The van der Waals surface area contributed by atoms with Crippen molar-refractivity contribution in [2.75, 3.05) is 0 Å². The highest BCUT2D eigenvalue weighted by Crippen LogP contribution is 2.46. The third-order valence-corrected chi connectivity index (χ3v) is 6.25. The molecule has 0 aliphatic heterocycles. The molecule has 1 nitrogen and oxygen atoms in total. The predicted octanol–water partition coefficient (Wildman–Crippen LogP) is 6.93. The molecule has 0 bridgehead atoms. The van der Waals surface area contributed by atoms with E-state index in [2.05, 4.69) is 4.74 Å². The largest absolute Gasteiger partial charge is 0.435 e. The Hall–Kier alpha value is -1.33. The molecule has 2 aliphatic rings. The first kappa shape index (κ1) is 19.4. The average molecular weight is 376 g/mol. The van der Waals surface area contributed by atoms with E-state index in [4.69, 9.17) is 0 Å². The molecule has 2 fully saturated rings. The van der Waals surface area contributed by atoms with E-state index in [1.54, 1.807) is 12.1 Å². The van der Waals surface area contributed by atoms with Gasteiger partial charge in [0.2, 0.25) is 0 Å². The molecule has 0 amide bonds. The number of ether oxygens (including phenoxy) is 1. The molecule has 6 heteroatoms. The Bertz CT molecular complexity index is 553. The molecule has 0 N–H and O–H groups in total. The number of rotatable bonds is 4. The van der Waals surface area contributed by atoms with Gasteiger partial charge >= 0.3 is 12.8 Å². The van der Waals surface area contributed by atoms with Crippen molar-refractivity contribution in [3.63, 3.8) is 0 Å². The summed E-state index contributed by atoms with van der Waals surface area (Å²) in [5.74, 6) is 0.416. The van der Waals surface area contributed by atoms with Gasteiger partial charge in [-0.2, -0.15) is 22.0 Å². The second-order valence-electron chi connectivity index (χ2n) is 7.71. The smallest absolute Gasteiger partial charge is 0.391 e. The van der Waals surface area contributed by atoms with Gasteiger partial charge in [-0.25, -0.2) is 0 Å². The van der Waals surface area contributed by atoms with Gasteiger partial charge in [-0.1, -0.05) is 12.1 Å². The summed E-state index contributed by atoms with van der Waals surface area (Å²) >= 11 is 0. The van der Waals surface area contributed by atoms with Crippen LogP contribution in [0.15, 0.2) is 24.3 Å². The van der Waals surface area contributed by atoms with E-state index >= 15 is 0 Å². The number of halogens is 5. The minimum absolute atomic E-state index is 0.166. The summed E-state index contributed by atoms with van der Waals surface area (Å²) in [5, 5.41) is 0. The summed E-state index contributed by atoms with van der Waals surface area (Å²) in [6, 6.07) is 6.84. The van der Waals surface area contributed by atoms with E-state index < -0.39 is 18.7 Å². The summed E-state index contributed by atoms with van der Waals surface area (Å²) in [4.78, 5) is 0. The Kier molecular flexibility index (Phi) is 6.08. The fourth-order valence-electron chi connectivity index (χ4n) is 4.76. The van der Waals surface area contributed by atoms with Crippen LogP contribution in [-0.2, 0) is 0 Å². The number of hydrogen-bond acceptors (Lipinski definition) is 1. The molecule has 2 saturated carbocycles. The van der Waals surface area contributed by atoms with Crippen LogP contribution in [0, 0.1) is 17.8 Å². The molecular formula is C20H25F5O. The zero-order valence-electron chi connectivity index (χ0n) is 14.7. The second-order valence-corrected chi connectivity index (χ2v) is 7.71. The molecule has 0 heterocycles. The zero-order valence-corrected chi connectivity index (χ0v) is 14.7. The van der Waals surface area contributed by atoms with Gasteiger partial charge in [0, 0.05) is 0 Å². The van der Waals surface area contributed by atoms with E-state index in [-0.39, 0.29) is 18.6 Å². The minimum Gasteiger partial charge on any atom is -0.435 e. The van der Waals surface area contributed by atoms with Gasteiger partial charge in [0.1, 0.15) is 5.75 Å². The van der Waals surface area contributed by atoms with Crippen LogP contribution in [0.25, 0.3) is 0 Å². The lowest BCUT2D eigenvalue weighted by molar-refractivity contribution is -0.185. The van der Waals surface area contributed by atoms with Crippen molar-refractivity contribution < 1.29 is 26.7 Å². The molecule has 26 heavy (non-hydrogen) atoms. The maximum Gasteiger partial charge on any atom is 0.391 e. The maximum absolute atomic E-state index is 12.8. The summed E-state index contributed by atoms with van der Waals surface area (Å²) in [6.07, 6.45) is 2.01. The molecule has 1 aromatic carbocycles. The highest BCUT2D eigenvalue weighted by molar-refractivity contribution is 5.29. The summed E-state index contributed by atoms with van der Waals surface area (Å²) in [6.45, 7) is -2.82. The molecule has 0 spiro atoms. The quantitative estimate of drug-likeness (QED) is 0.518. The van der Waals surface area contributed by atoms with Gasteiger partial charge in [0.05, 0.1) is 5.92 Å². The van der Waals surface area contributed by atoms with Crippen LogP contribution in [0.3, 0.4) is 0 Å². The first-order valence-corrected chi connectivity index (χ1v) is 9.44. The van der Waals surface area contributed by atoms with Crippen LogP contribution >= 0.6 is 0 Å². The van der Waals surface area contributed by atoms with Crippen molar-refractivity contribution in [3.8, 4) is 5.75 Å². The lowest BCUT2D eigenvalue weighted by Crippen LogP contribution is -2.31. The van der Waals surface area contributed by atoms with E-state index in [0.717, 1.165) is 31.2 Å². The van der Waals surface area contributed by atoms with E-state index in [9.17, 15) is 22.0 Å². The van der Waals surface area contributed by atoms with Gasteiger partial charge < -0.3 is 4.74 Å². The topological polar surface area (TPSA) is 9.23 Å². The Labute approximate surface area is 150 Å². The summed E-state index contributed by atoms with van der Waals surface area (Å²) in [5.41, 5.74) is 1.13. The monoisotopic (exact) mass is 376 g/mol. The molecule has 146 valence electrons. The van der Waals surface area contributed by atoms with Gasteiger partial charge in [0.15, 0.2) is 0 Å². The lowest BCUT2D eigenvalue weighted by Gasteiger charge is -2.38. The normalized spacial score (nSPS) is 30.4. The Morgan fingerprint density at radius 3 is 1.73 bits per heavy atom. The van der Waals surface area contributed by atoms with E-state index in [1.807, 2.05) is 12.1 Å². The van der Waals surface area contributed by atoms with Gasteiger partial charge in [-0.05, 0) is 86.8 Å². The first-order valence-electron chi connectivity index (χ1n) is 9.44. The van der Waals surface area contributed by atoms with Crippen molar-refractivity contribution in [2.45, 2.75) is 70.1 Å². The number of hydrogen-bond donors (Lipinski definition) is 0. The van der Waals surface area contributed by atoms with Crippen LogP contribution in [0.2, 0.25) is 0 Å². The third kappa shape index (κ3) is 4.89. The first-order chi connectivity index (χ1) is 12.3. The molecule has 0 unspecified atom stereocenters. The van der Waals surface area contributed by atoms with Crippen LogP contribution in [0.4, 0.5) is 22.0 Å². The van der Waals surface area contributed by atoms with E-state index in [0.29, 0.717) is 30.6 Å². The molecule has 0 saturated heterocycles. The van der Waals surface area contributed by atoms with Crippen molar-refractivity contribution in [3.05, 3.63) is 29.8 Å². The number of benzene rings is 1. The molecule has 2 aliphatic carbocycles. The lowest BCUT2D eigenvalue weighted by atomic mass is 9.68. The standard InChI is InChI=1S/C20H25F5O/c21-19(22)26-18-11-7-16(8-12-18)14-3-1-13(2-4-14)15-5-9-17(10-6-15)20(23,24)25/h7-8,11-15,17,19H,1-6,9-10H2. The zero-order chi connectivity index (χ0) is 18.7. The average Bonchev–Trinajstić information content (AvgIpc) is 2.61. The fraction of sp³-hybridized carbons (Fsp3) is 0.700. The second kappa shape index (κ2) is 8.13. The number of alkyl halides is 5. The van der Waals surface area contributed by atoms with Crippen LogP contribution in [-0.4, -0.2) is 12.8 Å². The van der Waals surface area contributed by atoms with Crippen molar-refractivity contribution in [2.24, 2.45) is 17.8 Å². The summed E-state index contributed by atoms with van der Waals surface area (Å²) < 4.78 is 67.2. The fourth-order valence-corrected chi connectivity index (χ4v) is 4.76. The molecule has 0 atom stereocenters. The predicted molar refractivity (Wildman–Crippen MR) is 89.3 cm³/mol. The SMILES string of the molecule is FC(F)Oc1ccc(C2CCC(C3CCC(C(F)(F)F)CC3)CC2)cc1. The molecule has 0 aromatic heterocycles. The Morgan fingerprint density at radius 1 is 0.769 bits per heavy atom. The van der Waals surface area contributed by atoms with Crippen LogP contribution in [0.5, 0.6) is 5.75 Å². The minimum atomic E-state index is -4.04. The van der Waals surface area contributed by atoms with Crippen molar-refractivity contribution >= 4 is 0 Å². The molecule has 1 aromatic rings. The van der Waals surface area contributed by atoms with Gasteiger partial charge in [0.25, 0.3) is 0 Å². The highest BCUT2D eigenvalue weighted by Gasteiger charge is 2.42. The van der Waals surface area contributed by atoms with Crippen molar-refractivity contribution in [1.82, 2.24) is 0 Å². The van der Waals surface area contributed by atoms with Crippen LogP contribution < -0.4 is 4.74 Å². The van der Waals surface area contributed by atoms with E-state index in [1.165, 1.54) is 0 Å².